The molecular formula is C9H16N4O3. The van der Waals surface area contributed by atoms with Gasteiger partial charge in [0, 0.05) is 13.2 Å². The van der Waals surface area contributed by atoms with E-state index in [1.807, 2.05) is 6.92 Å². The minimum absolute atomic E-state index is 0.214. The monoisotopic (exact) mass is 228 g/mol. The van der Waals surface area contributed by atoms with Crippen LogP contribution in [-0.4, -0.2) is 48.9 Å². The van der Waals surface area contributed by atoms with Gasteiger partial charge in [0.15, 0.2) is 0 Å². The van der Waals surface area contributed by atoms with Crippen molar-refractivity contribution in [1.82, 2.24) is 15.0 Å². The number of ether oxygens (including phenoxy) is 3. The first-order chi connectivity index (χ1) is 7.80. The zero-order valence-electron chi connectivity index (χ0n) is 9.69. The molecule has 0 saturated carbocycles. The van der Waals surface area contributed by atoms with Crippen molar-refractivity contribution in [2.24, 2.45) is 0 Å². The van der Waals surface area contributed by atoms with Crippen LogP contribution < -0.4 is 14.8 Å². The molecule has 0 spiro atoms. The van der Waals surface area contributed by atoms with E-state index in [2.05, 4.69) is 20.3 Å². The van der Waals surface area contributed by atoms with Crippen LogP contribution in [0.4, 0.5) is 5.95 Å². The molecule has 7 nitrogen and oxygen atoms in total. The van der Waals surface area contributed by atoms with Gasteiger partial charge in [-0.2, -0.15) is 9.97 Å². The summed E-state index contributed by atoms with van der Waals surface area (Å²) in [5.74, 6) is 0.406. The van der Waals surface area contributed by atoms with Crippen molar-refractivity contribution < 1.29 is 14.2 Å². The molecule has 0 saturated heterocycles. The van der Waals surface area contributed by atoms with Crippen molar-refractivity contribution in [3.8, 4) is 12.0 Å². The fraction of sp³-hybridized carbons (Fsp3) is 0.667. The number of nitrogens with zero attached hydrogens (tertiary/aromatic N) is 3. The first-order valence-corrected chi connectivity index (χ1v) is 4.95. The van der Waals surface area contributed by atoms with Crippen LogP contribution in [0.1, 0.15) is 6.92 Å². The molecule has 1 N–H and O–H groups in total. The van der Waals surface area contributed by atoms with Crippen LogP contribution in [0.25, 0.3) is 0 Å². The number of aromatic nitrogens is 3. The molecule has 0 aliphatic carbocycles. The van der Waals surface area contributed by atoms with Crippen LogP contribution >= 0.6 is 0 Å². The third-order valence-electron chi connectivity index (χ3n) is 1.69. The Labute approximate surface area is 94.2 Å². The molecule has 0 fully saturated rings. The molecule has 0 unspecified atom stereocenters. The highest BCUT2D eigenvalue weighted by molar-refractivity contribution is 5.27. The maximum atomic E-state index is 5.17. The van der Waals surface area contributed by atoms with E-state index in [1.54, 1.807) is 0 Å². The fourth-order valence-electron chi connectivity index (χ4n) is 0.979. The summed E-state index contributed by atoms with van der Waals surface area (Å²) in [5.41, 5.74) is 0. The van der Waals surface area contributed by atoms with Crippen LogP contribution in [0.3, 0.4) is 0 Å². The number of methoxy groups -OCH3 is 2. The van der Waals surface area contributed by atoms with Gasteiger partial charge in [-0.05, 0) is 6.92 Å². The first kappa shape index (κ1) is 12.4. The quantitative estimate of drug-likeness (QED) is 0.674. The van der Waals surface area contributed by atoms with Gasteiger partial charge < -0.3 is 19.5 Å². The SMILES string of the molecule is CCOCCNc1nc(OC)nc(OC)n1. The Morgan fingerprint density at radius 2 is 1.69 bits per heavy atom. The van der Waals surface area contributed by atoms with Gasteiger partial charge in [0.1, 0.15) is 0 Å². The van der Waals surface area contributed by atoms with Gasteiger partial charge in [-0.1, -0.05) is 0 Å². The number of hydrogen-bond donors (Lipinski definition) is 1. The minimum atomic E-state index is 0.214. The highest BCUT2D eigenvalue weighted by Crippen LogP contribution is 2.11. The lowest BCUT2D eigenvalue weighted by atomic mass is 10.6. The summed E-state index contributed by atoms with van der Waals surface area (Å²) in [6, 6.07) is 0.427. The molecule has 1 aromatic rings. The van der Waals surface area contributed by atoms with Crippen molar-refractivity contribution in [1.29, 1.82) is 0 Å². The van der Waals surface area contributed by atoms with Crippen LogP contribution in [0.5, 0.6) is 12.0 Å². The molecule has 7 heteroatoms. The fourth-order valence-corrected chi connectivity index (χ4v) is 0.979. The van der Waals surface area contributed by atoms with Crippen molar-refractivity contribution in [2.75, 3.05) is 39.3 Å². The normalized spacial score (nSPS) is 9.94. The van der Waals surface area contributed by atoms with Crippen LogP contribution in [-0.2, 0) is 4.74 Å². The van der Waals surface area contributed by atoms with Gasteiger partial charge in [-0.15, -0.1) is 4.98 Å². The smallest absolute Gasteiger partial charge is 0.324 e. The van der Waals surface area contributed by atoms with E-state index in [9.17, 15) is 0 Å². The van der Waals surface area contributed by atoms with Crippen LogP contribution in [0.2, 0.25) is 0 Å². The van der Waals surface area contributed by atoms with Gasteiger partial charge in [0.2, 0.25) is 5.95 Å². The second-order valence-corrected chi connectivity index (χ2v) is 2.76. The third-order valence-corrected chi connectivity index (χ3v) is 1.69. The lowest BCUT2D eigenvalue weighted by molar-refractivity contribution is 0.158. The molecule has 1 heterocycles. The predicted molar refractivity (Wildman–Crippen MR) is 57.9 cm³/mol. The third kappa shape index (κ3) is 3.85. The van der Waals surface area contributed by atoms with Crippen molar-refractivity contribution in [3.63, 3.8) is 0 Å². The molecule has 0 amide bonds. The second kappa shape index (κ2) is 6.78. The Kier molecular flexibility index (Phi) is 5.27. The summed E-state index contributed by atoms with van der Waals surface area (Å²) in [4.78, 5) is 11.9. The Morgan fingerprint density at radius 1 is 1.06 bits per heavy atom. The number of nitrogens with one attached hydrogen (secondary N) is 1. The Bertz CT molecular complexity index is 299. The zero-order valence-corrected chi connectivity index (χ0v) is 9.69. The summed E-state index contributed by atoms with van der Waals surface area (Å²) in [6.07, 6.45) is 0. The molecular weight excluding hydrogens is 212 g/mol. The van der Waals surface area contributed by atoms with E-state index in [0.29, 0.717) is 25.7 Å². The minimum Gasteiger partial charge on any atom is -0.467 e. The number of anilines is 1. The van der Waals surface area contributed by atoms with Gasteiger partial charge >= 0.3 is 12.0 Å². The van der Waals surface area contributed by atoms with Gasteiger partial charge in [0.25, 0.3) is 0 Å². The summed E-state index contributed by atoms with van der Waals surface area (Å²) in [7, 11) is 2.97. The first-order valence-electron chi connectivity index (χ1n) is 4.95. The summed E-state index contributed by atoms with van der Waals surface area (Å²) >= 11 is 0. The summed E-state index contributed by atoms with van der Waals surface area (Å²) in [5, 5.41) is 2.98. The van der Waals surface area contributed by atoms with Crippen LogP contribution in [0, 0.1) is 0 Å². The molecule has 0 aliphatic heterocycles. The number of hydrogen-bond acceptors (Lipinski definition) is 7. The predicted octanol–water partition coefficient (Wildman–Crippen LogP) is 0.337. The molecule has 16 heavy (non-hydrogen) atoms. The molecule has 1 rings (SSSR count). The van der Waals surface area contributed by atoms with Gasteiger partial charge in [-0.3, -0.25) is 0 Å². The zero-order chi connectivity index (χ0) is 11.8. The van der Waals surface area contributed by atoms with Gasteiger partial charge in [0.05, 0.1) is 20.8 Å². The molecule has 1 aromatic heterocycles. The molecule has 0 bridgehead atoms. The standard InChI is InChI=1S/C9H16N4O3/c1-4-16-6-5-10-7-11-8(14-2)13-9(12-7)15-3/h4-6H2,1-3H3,(H,10,11,12,13). The summed E-state index contributed by atoms with van der Waals surface area (Å²) in [6.45, 7) is 3.83. The maximum Gasteiger partial charge on any atom is 0.324 e. The molecule has 0 atom stereocenters. The Balaban J connectivity index is 2.57. The Hall–Kier alpha value is -1.63. The second-order valence-electron chi connectivity index (χ2n) is 2.76. The van der Waals surface area contributed by atoms with E-state index < -0.39 is 0 Å². The molecule has 90 valence electrons. The average molecular weight is 228 g/mol. The van der Waals surface area contributed by atoms with E-state index in [-0.39, 0.29) is 12.0 Å². The van der Waals surface area contributed by atoms with E-state index >= 15 is 0 Å². The highest BCUT2D eigenvalue weighted by atomic mass is 16.5. The largest absolute Gasteiger partial charge is 0.467 e. The van der Waals surface area contributed by atoms with E-state index in [0.717, 1.165) is 0 Å². The van der Waals surface area contributed by atoms with Gasteiger partial charge in [-0.25, -0.2) is 0 Å². The Morgan fingerprint density at radius 3 is 2.19 bits per heavy atom. The lowest BCUT2D eigenvalue weighted by Gasteiger charge is -2.07. The van der Waals surface area contributed by atoms with Crippen LogP contribution in [0.15, 0.2) is 0 Å². The van der Waals surface area contributed by atoms with E-state index in [4.69, 9.17) is 14.2 Å². The lowest BCUT2D eigenvalue weighted by Crippen LogP contribution is -2.12. The van der Waals surface area contributed by atoms with Crippen molar-refractivity contribution in [2.45, 2.75) is 6.92 Å². The highest BCUT2D eigenvalue weighted by Gasteiger charge is 2.05. The molecule has 0 aliphatic rings. The van der Waals surface area contributed by atoms with Crippen molar-refractivity contribution >= 4 is 5.95 Å². The topological polar surface area (TPSA) is 78.4 Å². The van der Waals surface area contributed by atoms with E-state index in [1.165, 1.54) is 14.2 Å². The molecule has 0 aromatic carbocycles. The summed E-state index contributed by atoms with van der Waals surface area (Å²) < 4.78 is 15.0. The molecule has 0 radical (unpaired) electrons. The average Bonchev–Trinajstić information content (AvgIpc) is 2.34. The number of rotatable bonds is 7. The maximum absolute atomic E-state index is 5.17. The van der Waals surface area contributed by atoms with Crippen molar-refractivity contribution in [3.05, 3.63) is 0 Å².